The fourth-order valence-electron chi connectivity index (χ4n) is 2.15. The molecule has 2 rings (SSSR count). The van der Waals surface area contributed by atoms with E-state index in [1.165, 1.54) is 5.56 Å². The van der Waals surface area contributed by atoms with Crippen molar-refractivity contribution >= 4 is 17.6 Å². The molecule has 0 aliphatic heterocycles. The highest BCUT2D eigenvalue weighted by atomic mass is 35.5. The van der Waals surface area contributed by atoms with Crippen molar-refractivity contribution in [2.75, 3.05) is 0 Å². The highest BCUT2D eigenvalue weighted by Crippen LogP contribution is 2.21. The fraction of sp³-hybridized carbons (Fsp3) is 0.278. The lowest BCUT2D eigenvalue weighted by Gasteiger charge is -2.16. The van der Waals surface area contributed by atoms with E-state index < -0.39 is 12.1 Å². The number of rotatable bonds is 6. The van der Waals surface area contributed by atoms with E-state index in [2.05, 4.69) is 13.8 Å². The third-order valence-electron chi connectivity index (χ3n) is 3.41. The largest absolute Gasteiger partial charge is 0.478 e. The van der Waals surface area contributed by atoms with Crippen LogP contribution in [0.2, 0.25) is 5.02 Å². The summed E-state index contributed by atoms with van der Waals surface area (Å²) in [7, 11) is 0. The summed E-state index contributed by atoms with van der Waals surface area (Å²) in [6, 6.07) is 14.7. The molecule has 3 nitrogen and oxygen atoms in total. The van der Waals surface area contributed by atoms with Crippen LogP contribution in [0, 0.1) is 0 Å². The summed E-state index contributed by atoms with van der Waals surface area (Å²) in [6.07, 6.45) is -0.676. The average molecular weight is 319 g/mol. The first kappa shape index (κ1) is 16.4. The van der Waals surface area contributed by atoms with Crippen molar-refractivity contribution in [2.24, 2.45) is 0 Å². The van der Waals surface area contributed by atoms with Gasteiger partial charge in [-0.3, -0.25) is 0 Å². The van der Waals surface area contributed by atoms with Gasteiger partial charge in [-0.2, -0.15) is 0 Å². The lowest BCUT2D eigenvalue weighted by molar-refractivity contribution is -0.145. The third-order valence-corrected chi connectivity index (χ3v) is 3.65. The lowest BCUT2D eigenvalue weighted by atomic mass is 10.0. The van der Waals surface area contributed by atoms with Gasteiger partial charge in [-0.25, -0.2) is 4.79 Å². The molecule has 4 heteroatoms. The Morgan fingerprint density at radius 3 is 2.41 bits per heavy atom. The number of carbonyl (C=O) groups is 1. The van der Waals surface area contributed by atoms with Crippen LogP contribution in [0.4, 0.5) is 0 Å². The molecule has 0 unspecified atom stereocenters. The molecule has 1 N–H and O–H groups in total. The first-order valence-electron chi connectivity index (χ1n) is 7.19. The van der Waals surface area contributed by atoms with Crippen molar-refractivity contribution in [1.29, 1.82) is 0 Å². The topological polar surface area (TPSA) is 46.5 Å². The maximum atomic E-state index is 11.4. The first-order valence-corrected chi connectivity index (χ1v) is 7.57. The third kappa shape index (κ3) is 4.50. The highest BCUT2D eigenvalue weighted by Gasteiger charge is 2.20. The van der Waals surface area contributed by atoms with Crippen LogP contribution in [-0.2, 0) is 11.2 Å². The highest BCUT2D eigenvalue weighted by molar-refractivity contribution is 6.30. The Kier molecular flexibility index (Phi) is 5.45. The van der Waals surface area contributed by atoms with E-state index in [0.29, 0.717) is 16.7 Å². The van der Waals surface area contributed by atoms with Gasteiger partial charge in [0, 0.05) is 11.4 Å². The molecule has 0 bridgehead atoms. The number of hydrogen-bond acceptors (Lipinski definition) is 2. The van der Waals surface area contributed by atoms with Crippen LogP contribution in [0.3, 0.4) is 0 Å². The van der Waals surface area contributed by atoms with E-state index in [4.69, 9.17) is 16.3 Å². The Bertz CT molecular complexity index is 635. The molecule has 22 heavy (non-hydrogen) atoms. The fourth-order valence-corrected chi connectivity index (χ4v) is 2.37. The number of benzene rings is 2. The molecule has 0 aromatic heterocycles. The molecule has 0 saturated carbocycles. The lowest BCUT2D eigenvalue weighted by Crippen LogP contribution is -2.29. The van der Waals surface area contributed by atoms with Crippen molar-refractivity contribution in [3.05, 3.63) is 64.7 Å². The van der Waals surface area contributed by atoms with E-state index in [1.54, 1.807) is 18.2 Å². The zero-order chi connectivity index (χ0) is 16.1. The van der Waals surface area contributed by atoms with Gasteiger partial charge in [0.1, 0.15) is 5.75 Å². The monoisotopic (exact) mass is 318 g/mol. The molecule has 0 spiro atoms. The molecule has 0 fully saturated rings. The smallest absolute Gasteiger partial charge is 0.345 e. The molecule has 0 radical (unpaired) electrons. The van der Waals surface area contributed by atoms with Gasteiger partial charge in [0.15, 0.2) is 6.10 Å². The average Bonchev–Trinajstić information content (AvgIpc) is 2.47. The van der Waals surface area contributed by atoms with Crippen molar-refractivity contribution in [1.82, 2.24) is 0 Å². The normalized spacial score (nSPS) is 12.2. The first-order chi connectivity index (χ1) is 10.5. The van der Waals surface area contributed by atoms with Crippen molar-refractivity contribution in [3.8, 4) is 5.75 Å². The minimum Gasteiger partial charge on any atom is -0.478 e. The van der Waals surface area contributed by atoms with Crippen LogP contribution in [0.15, 0.2) is 48.5 Å². The Hall–Kier alpha value is -2.00. The Labute approximate surface area is 135 Å². The van der Waals surface area contributed by atoms with Crippen LogP contribution in [0.1, 0.15) is 30.9 Å². The quantitative estimate of drug-likeness (QED) is 0.850. The number of hydrogen-bond donors (Lipinski definition) is 1. The van der Waals surface area contributed by atoms with Gasteiger partial charge in [-0.05, 0) is 41.3 Å². The summed E-state index contributed by atoms with van der Waals surface area (Å²) in [5, 5.41) is 9.94. The van der Waals surface area contributed by atoms with Gasteiger partial charge < -0.3 is 9.84 Å². The van der Waals surface area contributed by atoms with Crippen molar-refractivity contribution in [3.63, 3.8) is 0 Å². The number of halogens is 1. The minimum absolute atomic E-state index is 0.266. The molecule has 1 atom stereocenters. The predicted octanol–water partition coefficient (Wildman–Crippen LogP) is 4.54. The van der Waals surface area contributed by atoms with E-state index in [1.807, 2.05) is 30.3 Å². The zero-order valence-corrected chi connectivity index (χ0v) is 13.4. The van der Waals surface area contributed by atoms with Gasteiger partial charge in [0.2, 0.25) is 0 Å². The summed E-state index contributed by atoms with van der Waals surface area (Å²) in [5.74, 6) is -0.0116. The van der Waals surface area contributed by atoms with E-state index in [-0.39, 0.29) is 6.42 Å². The predicted molar refractivity (Wildman–Crippen MR) is 87.7 cm³/mol. The molecule has 0 saturated heterocycles. The molecular weight excluding hydrogens is 300 g/mol. The molecule has 0 heterocycles. The molecule has 0 aliphatic carbocycles. The summed E-state index contributed by atoms with van der Waals surface area (Å²) in [4.78, 5) is 11.4. The molecule has 2 aromatic rings. The van der Waals surface area contributed by atoms with Crippen LogP contribution >= 0.6 is 11.6 Å². The minimum atomic E-state index is -0.993. The van der Waals surface area contributed by atoms with Crippen molar-refractivity contribution < 1.29 is 14.6 Å². The van der Waals surface area contributed by atoms with E-state index >= 15 is 0 Å². The summed E-state index contributed by atoms with van der Waals surface area (Å²) >= 11 is 5.93. The summed E-state index contributed by atoms with van der Waals surface area (Å²) in [6.45, 7) is 4.21. The van der Waals surface area contributed by atoms with Crippen LogP contribution in [-0.4, -0.2) is 17.2 Å². The van der Waals surface area contributed by atoms with Gasteiger partial charge in [0.05, 0.1) is 0 Å². The van der Waals surface area contributed by atoms with Gasteiger partial charge in [-0.15, -0.1) is 0 Å². The molecular formula is C18H19ClO3. The standard InChI is InChI=1S/C18H19ClO3/c1-12(2)14-6-8-16(9-7-14)22-17(18(20)21)11-13-4-3-5-15(19)10-13/h3-10,12,17H,11H2,1-2H3,(H,20,21)/t17-/m0/s1. The zero-order valence-electron chi connectivity index (χ0n) is 12.6. The maximum Gasteiger partial charge on any atom is 0.345 e. The molecule has 116 valence electrons. The van der Waals surface area contributed by atoms with E-state index in [9.17, 15) is 9.90 Å². The van der Waals surface area contributed by atoms with Gasteiger partial charge in [0.25, 0.3) is 0 Å². The van der Waals surface area contributed by atoms with E-state index in [0.717, 1.165) is 5.56 Å². The van der Waals surface area contributed by atoms with Gasteiger partial charge >= 0.3 is 5.97 Å². The molecule has 0 aliphatic rings. The number of carboxylic acids is 1. The Morgan fingerprint density at radius 2 is 1.86 bits per heavy atom. The van der Waals surface area contributed by atoms with Crippen LogP contribution < -0.4 is 4.74 Å². The van der Waals surface area contributed by atoms with Crippen LogP contribution in [0.5, 0.6) is 5.75 Å². The second kappa shape index (κ2) is 7.32. The number of carboxylic acid groups (broad SMARTS) is 1. The second-order valence-corrected chi connectivity index (χ2v) is 5.94. The van der Waals surface area contributed by atoms with Crippen LogP contribution in [0.25, 0.3) is 0 Å². The molecule has 0 amide bonds. The Balaban J connectivity index is 2.10. The second-order valence-electron chi connectivity index (χ2n) is 5.50. The van der Waals surface area contributed by atoms with Gasteiger partial charge in [-0.1, -0.05) is 49.7 Å². The Morgan fingerprint density at radius 1 is 1.18 bits per heavy atom. The number of ether oxygens (including phenoxy) is 1. The van der Waals surface area contributed by atoms with Crippen molar-refractivity contribution in [2.45, 2.75) is 32.3 Å². The summed E-state index contributed by atoms with van der Waals surface area (Å²) in [5.41, 5.74) is 2.02. The number of aliphatic carboxylic acids is 1. The maximum absolute atomic E-state index is 11.4. The SMILES string of the molecule is CC(C)c1ccc(O[C@@H](Cc2cccc(Cl)c2)C(=O)O)cc1. The summed E-state index contributed by atoms with van der Waals surface area (Å²) < 4.78 is 5.61. The molecule has 2 aromatic carbocycles.